The van der Waals surface area contributed by atoms with E-state index in [1.165, 1.54) is 35.2 Å². The zero-order valence-electron chi connectivity index (χ0n) is 24.0. The number of nitrogens with one attached hydrogen (secondary N) is 1. The average molecular weight is 619 g/mol. The topological polar surface area (TPSA) is 86.8 Å². The molecule has 0 unspecified atom stereocenters. The number of hydrogen-bond acceptors (Lipinski definition) is 4. The lowest BCUT2D eigenvalue weighted by molar-refractivity contribution is -0.140. The van der Waals surface area contributed by atoms with Crippen LogP contribution in [0.25, 0.3) is 0 Å². The molecule has 0 aromatic heterocycles. The quantitative estimate of drug-likeness (QED) is 0.255. The summed E-state index contributed by atoms with van der Waals surface area (Å²) in [6, 6.07) is 17.6. The van der Waals surface area contributed by atoms with Gasteiger partial charge in [-0.15, -0.1) is 0 Å². The molecule has 10 heteroatoms. The second-order valence-corrected chi connectivity index (χ2v) is 13.3. The van der Waals surface area contributed by atoms with E-state index in [-0.39, 0.29) is 39.0 Å². The summed E-state index contributed by atoms with van der Waals surface area (Å²) in [4.78, 5) is 28.9. The average Bonchev–Trinajstić information content (AvgIpc) is 2.91. The van der Waals surface area contributed by atoms with E-state index in [2.05, 4.69) is 5.32 Å². The van der Waals surface area contributed by atoms with E-state index in [0.717, 1.165) is 21.0 Å². The Bertz CT molecular complexity index is 1440. The van der Waals surface area contributed by atoms with E-state index >= 15 is 0 Å². The Kier molecular flexibility index (Phi) is 11.2. The highest BCUT2D eigenvalue weighted by molar-refractivity contribution is 7.92. The van der Waals surface area contributed by atoms with Gasteiger partial charge in [0.1, 0.15) is 12.6 Å². The molecule has 0 aliphatic carbocycles. The minimum absolute atomic E-state index is 0.0128. The van der Waals surface area contributed by atoms with Crippen LogP contribution in [-0.2, 0) is 26.2 Å². The van der Waals surface area contributed by atoms with Gasteiger partial charge in [-0.3, -0.25) is 13.9 Å². The second-order valence-electron chi connectivity index (χ2n) is 10.5. The zero-order chi connectivity index (χ0) is 30.3. The van der Waals surface area contributed by atoms with Gasteiger partial charge in [-0.05, 0) is 62.1 Å². The highest BCUT2D eigenvalue weighted by Crippen LogP contribution is 2.30. The zero-order valence-corrected chi connectivity index (χ0v) is 26.4. The molecule has 0 fully saturated rings. The van der Waals surface area contributed by atoms with Crippen LogP contribution in [0.15, 0.2) is 71.6 Å². The molecule has 0 spiro atoms. The number of rotatable bonds is 12. The van der Waals surface area contributed by atoms with Crippen LogP contribution in [0.5, 0.6) is 0 Å². The number of anilines is 1. The lowest BCUT2D eigenvalue weighted by atomic mass is 10.1. The molecule has 3 aromatic rings. The Balaban J connectivity index is 2.07. The summed E-state index contributed by atoms with van der Waals surface area (Å²) in [6.07, 6.45) is 0.342. The highest BCUT2D eigenvalue weighted by Gasteiger charge is 2.34. The summed E-state index contributed by atoms with van der Waals surface area (Å²) in [6.45, 7) is 9.63. The Labute approximate surface area is 253 Å². The third kappa shape index (κ3) is 8.71. The van der Waals surface area contributed by atoms with Crippen LogP contribution in [0.1, 0.15) is 43.9 Å². The van der Waals surface area contributed by atoms with Gasteiger partial charge in [0.15, 0.2) is 0 Å². The third-order valence-corrected chi connectivity index (χ3v) is 8.79. The predicted molar refractivity (Wildman–Crippen MR) is 166 cm³/mol. The predicted octanol–water partition coefficient (Wildman–Crippen LogP) is 6.39. The number of sulfonamides is 1. The fourth-order valence-electron chi connectivity index (χ4n) is 4.28. The maximum absolute atomic E-state index is 14.1. The molecular weight excluding hydrogens is 581 g/mol. The van der Waals surface area contributed by atoms with Crippen molar-refractivity contribution in [2.45, 2.75) is 58.5 Å². The molecule has 0 saturated heterocycles. The van der Waals surface area contributed by atoms with E-state index < -0.39 is 28.5 Å². The van der Waals surface area contributed by atoms with Gasteiger partial charge in [-0.1, -0.05) is 91.5 Å². The van der Waals surface area contributed by atoms with Gasteiger partial charge in [0.25, 0.3) is 10.0 Å². The van der Waals surface area contributed by atoms with Crippen LogP contribution < -0.4 is 9.62 Å². The largest absolute Gasteiger partial charge is 0.354 e. The molecule has 0 radical (unpaired) electrons. The first-order valence-electron chi connectivity index (χ1n) is 13.5. The molecule has 0 heterocycles. The number of amides is 2. The molecule has 1 atom stereocenters. The van der Waals surface area contributed by atoms with Gasteiger partial charge in [0.05, 0.1) is 10.6 Å². The maximum atomic E-state index is 14.1. The highest BCUT2D eigenvalue weighted by atomic mass is 35.5. The van der Waals surface area contributed by atoms with Crippen molar-refractivity contribution in [1.29, 1.82) is 0 Å². The van der Waals surface area contributed by atoms with Crippen LogP contribution >= 0.6 is 23.2 Å². The number of carbonyl (C=O) groups is 2. The summed E-state index contributed by atoms with van der Waals surface area (Å²) < 4.78 is 28.9. The lowest BCUT2D eigenvalue weighted by Crippen LogP contribution is -2.52. The molecule has 3 rings (SSSR count). The van der Waals surface area contributed by atoms with Crippen LogP contribution in [0.3, 0.4) is 0 Å². The van der Waals surface area contributed by atoms with Crippen molar-refractivity contribution in [2.75, 3.05) is 17.4 Å². The van der Waals surface area contributed by atoms with Gasteiger partial charge < -0.3 is 10.2 Å². The molecule has 1 N–H and O–H groups in total. The molecular formula is C31H37Cl2N3O4S. The molecule has 0 aliphatic rings. The van der Waals surface area contributed by atoms with E-state index in [1.54, 1.807) is 12.1 Å². The van der Waals surface area contributed by atoms with Crippen LogP contribution in [0.2, 0.25) is 10.0 Å². The van der Waals surface area contributed by atoms with Gasteiger partial charge >= 0.3 is 0 Å². The van der Waals surface area contributed by atoms with Crippen LogP contribution in [0, 0.1) is 19.8 Å². The van der Waals surface area contributed by atoms with Crippen molar-refractivity contribution in [2.24, 2.45) is 5.92 Å². The van der Waals surface area contributed by atoms with E-state index in [9.17, 15) is 18.0 Å². The van der Waals surface area contributed by atoms with Crippen molar-refractivity contribution < 1.29 is 18.0 Å². The minimum atomic E-state index is -4.22. The first-order chi connectivity index (χ1) is 19.3. The van der Waals surface area contributed by atoms with Crippen molar-refractivity contribution in [1.82, 2.24) is 10.2 Å². The van der Waals surface area contributed by atoms with Crippen molar-refractivity contribution >= 4 is 50.7 Å². The number of benzene rings is 3. The molecule has 7 nitrogen and oxygen atoms in total. The van der Waals surface area contributed by atoms with Gasteiger partial charge in [0, 0.05) is 23.1 Å². The number of aryl methyl sites for hydroxylation is 2. The molecule has 3 aromatic carbocycles. The summed E-state index contributed by atoms with van der Waals surface area (Å²) in [5.41, 5.74) is 2.91. The first-order valence-corrected chi connectivity index (χ1v) is 15.7. The number of halogens is 2. The molecule has 220 valence electrons. The fourth-order valence-corrected chi connectivity index (χ4v) is 6.19. The summed E-state index contributed by atoms with van der Waals surface area (Å²) in [7, 11) is -4.22. The molecule has 0 bridgehead atoms. The Morgan fingerprint density at radius 1 is 0.878 bits per heavy atom. The van der Waals surface area contributed by atoms with Gasteiger partial charge in [0.2, 0.25) is 11.8 Å². The summed E-state index contributed by atoms with van der Waals surface area (Å²) in [5, 5.41) is 3.37. The standard InChI is InChI=1S/C31H37Cl2N3O4S/c1-6-29(31(38)34-18-21(2)3)35(19-24-11-7-22(4)8-12-24)30(37)20-36(27-16-25(32)15-26(33)17-27)41(39,40)28-13-9-23(5)10-14-28/h7-17,21,29H,6,18-20H2,1-5H3,(H,34,38)/t29-/m0/s1. The number of carbonyl (C=O) groups excluding carboxylic acids is 2. The Morgan fingerprint density at radius 2 is 1.41 bits per heavy atom. The monoisotopic (exact) mass is 617 g/mol. The number of hydrogen-bond donors (Lipinski definition) is 1. The third-order valence-electron chi connectivity index (χ3n) is 6.57. The Hall–Kier alpha value is -3.07. The summed E-state index contributed by atoms with van der Waals surface area (Å²) in [5.74, 6) is -0.607. The van der Waals surface area contributed by atoms with Crippen molar-refractivity contribution in [3.8, 4) is 0 Å². The van der Waals surface area contributed by atoms with Gasteiger partial charge in [-0.2, -0.15) is 0 Å². The molecule has 0 aliphatic heterocycles. The maximum Gasteiger partial charge on any atom is 0.264 e. The Morgan fingerprint density at radius 3 is 1.93 bits per heavy atom. The smallest absolute Gasteiger partial charge is 0.264 e. The molecule has 0 saturated carbocycles. The SMILES string of the molecule is CC[C@@H](C(=O)NCC(C)C)N(Cc1ccc(C)cc1)C(=O)CN(c1cc(Cl)cc(Cl)c1)S(=O)(=O)c1ccc(C)cc1. The van der Waals surface area contributed by atoms with E-state index in [4.69, 9.17) is 23.2 Å². The van der Waals surface area contributed by atoms with Crippen molar-refractivity contribution in [3.05, 3.63) is 93.5 Å². The fraction of sp³-hybridized carbons (Fsp3) is 0.355. The lowest BCUT2D eigenvalue weighted by Gasteiger charge is -2.33. The van der Waals surface area contributed by atoms with Crippen LogP contribution in [0.4, 0.5) is 5.69 Å². The second kappa shape index (κ2) is 14.2. The van der Waals surface area contributed by atoms with Crippen LogP contribution in [-0.4, -0.2) is 44.3 Å². The normalized spacial score (nSPS) is 12.2. The summed E-state index contributed by atoms with van der Waals surface area (Å²) >= 11 is 12.5. The van der Waals surface area contributed by atoms with Crippen molar-refractivity contribution in [3.63, 3.8) is 0 Å². The molecule has 2 amide bonds. The molecule has 41 heavy (non-hydrogen) atoms. The van der Waals surface area contributed by atoms with E-state index in [0.29, 0.717) is 13.0 Å². The number of nitrogens with zero attached hydrogens (tertiary/aromatic N) is 2. The van der Waals surface area contributed by atoms with Gasteiger partial charge in [-0.25, -0.2) is 8.42 Å². The van der Waals surface area contributed by atoms with E-state index in [1.807, 2.05) is 58.9 Å². The first kappa shape index (κ1) is 32.4. The minimum Gasteiger partial charge on any atom is -0.354 e.